The van der Waals surface area contributed by atoms with E-state index in [1.54, 1.807) is 12.1 Å². The number of methoxy groups -OCH3 is 1. The number of halogens is 1. The zero-order valence-corrected chi connectivity index (χ0v) is 9.76. The van der Waals surface area contributed by atoms with Crippen LogP contribution in [0.15, 0.2) is 30.5 Å². The van der Waals surface area contributed by atoms with E-state index in [9.17, 15) is 9.18 Å². The number of carbonyl (C=O) groups excluding carboxylic acids is 1. The van der Waals surface area contributed by atoms with Gasteiger partial charge in [0.05, 0.1) is 13.7 Å². The fourth-order valence-corrected chi connectivity index (χ4v) is 1.56. The van der Waals surface area contributed by atoms with Gasteiger partial charge in [0.25, 0.3) is 0 Å². The lowest BCUT2D eigenvalue weighted by Crippen LogP contribution is -2.02. The molecule has 18 heavy (non-hydrogen) atoms. The fraction of sp³-hybridized carbons (Fsp3) is 0.167. The van der Waals surface area contributed by atoms with Crippen LogP contribution in [0.1, 0.15) is 15.9 Å². The Morgan fingerprint density at radius 3 is 2.72 bits per heavy atom. The normalized spacial score (nSPS) is 10.3. The standard InChI is InChI=1S/C12H12FN3O2/c1-18-12(17)10-7-16(15-11(10)14)6-8-2-4-9(13)5-3-8/h2-5,7H,6H2,1H3,(H2,14,15). The molecule has 1 aromatic heterocycles. The Hall–Kier alpha value is -2.37. The molecule has 2 aromatic rings. The van der Waals surface area contributed by atoms with Gasteiger partial charge in [-0.3, -0.25) is 4.68 Å². The fourth-order valence-electron chi connectivity index (χ4n) is 1.56. The second-order valence-electron chi connectivity index (χ2n) is 3.74. The number of anilines is 1. The molecule has 0 bridgehead atoms. The van der Waals surface area contributed by atoms with Gasteiger partial charge in [-0.15, -0.1) is 0 Å². The zero-order valence-electron chi connectivity index (χ0n) is 9.76. The quantitative estimate of drug-likeness (QED) is 0.835. The minimum Gasteiger partial charge on any atom is -0.465 e. The number of esters is 1. The Kier molecular flexibility index (Phi) is 3.27. The lowest BCUT2D eigenvalue weighted by Gasteiger charge is -2.01. The van der Waals surface area contributed by atoms with Crippen LogP contribution in [0.5, 0.6) is 0 Å². The molecule has 0 fully saturated rings. The van der Waals surface area contributed by atoms with Crippen molar-refractivity contribution in [2.75, 3.05) is 12.8 Å². The molecule has 5 nitrogen and oxygen atoms in total. The van der Waals surface area contributed by atoms with Gasteiger partial charge in [-0.2, -0.15) is 5.10 Å². The minimum absolute atomic E-state index is 0.115. The van der Waals surface area contributed by atoms with E-state index in [-0.39, 0.29) is 17.2 Å². The Morgan fingerprint density at radius 1 is 1.44 bits per heavy atom. The zero-order chi connectivity index (χ0) is 13.1. The van der Waals surface area contributed by atoms with Crippen molar-refractivity contribution < 1.29 is 13.9 Å². The monoisotopic (exact) mass is 249 g/mol. The summed E-state index contributed by atoms with van der Waals surface area (Å²) in [5, 5.41) is 4.00. The second kappa shape index (κ2) is 4.87. The second-order valence-corrected chi connectivity index (χ2v) is 3.74. The molecule has 0 aliphatic carbocycles. The summed E-state index contributed by atoms with van der Waals surface area (Å²) in [7, 11) is 1.28. The van der Waals surface area contributed by atoms with Crippen LogP contribution in [0.25, 0.3) is 0 Å². The number of rotatable bonds is 3. The predicted octanol–water partition coefficient (Wildman–Crippen LogP) is 1.44. The van der Waals surface area contributed by atoms with Gasteiger partial charge in [0.15, 0.2) is 5.82 Å². The van der Waals surface area contributed by atoms with Gasteiger partial charge in [0, 0.05) is 6.20 Å². The van der Waals surface area contributed by atoms with E-state index in [1.807, 2.05) is 0 Å². The van der Waals surface area contributed by atoms with Crippen LogP contribution in [-0.4, -0.2) is 22.9 Å². The Labute approximate surface area is 103 Å². The van der Waals surface area contributed by atoms with E-state index in [0.29, 0.717) is 6.54 Å². The van der Waals surface area contributed by atoms with Gasteiger partial charge in [0.2, 0.25) is 0 Å². The molecule has 0 saturated heterocycles. The van der Waals surface area contributed by atoms with Crippen molar-refractivity contribution in [3.05, 3.63) is 47.4 Å². The highest BCUT2D eigenvalue weighted by Gasteiger charge is 2.14. The smallest absolute Gasteiger partial charge is 0.343 e. The molecule has 2 rings (SSSR count). The molecule has 0 aliphatic heterocycles. The van der Waals surface area contributed by atoms with Crippen LogP contribution in [0.3, 0.4) is 0 Å². The molecule has 0 aliphatic rings. The number of nitrogen functional groups attached to an aromatic ring is 1. The number of nitrogens with zero attached hydrogens (tertiary/aromatic N) is 2. The third-order valence-corrected chi connectivity index (χ3v) is 2.45. The number of carbonyl (C=O) groups is 1. The third-order valence-electron chi connectivity index (χ3n) is 2.45. The predicted molar refractivity (Wildman–Crippen MR) is 63.5 cm³/mol. The lowest BCUT2D eigenvalue weighted by molar-refractivity contribution is 0.0602. The molecular weight excluding hydrogens is 237 g/mol. The number of ether oxygens (including phenoxy) is 1. The first-order valence-corrected chi connectivity index (χ1v) is 5.26. The van der Waals surface area contributed by atoms with E-state index in [2.05, 4.69) is 9.84 Å². The molecule has 0 radical (unpaired) electrons. The Bertz CT molecular complexity index is 563. The maximum atomic E-state index is 12.7. The highest BCUT2D eigenvalue weighted by Crippen LogP contribution is 2.12. The molecule has 0 atom stereocenters. The molecular formula is C12H12FN3O2. The van der Waals surface area contributed by atoms with Gasteiger partial charge in [-0.25, -0.2) is 9.18 Å². The molecule has 0 amide bonds. The number of benzene rings is 1. The molecule has 0 saturated carbocycles. The average Bonchev–Trinajstić information content (AvgIpc) is 2.72. The first-order valence-electron chi connectivity index (χ1n) is 5.26. The largest absolute Gasteiger partial charge is 0.465 e. The molecule has 0 spiro atoms. The highest BCUT2D eigenvalue weighted by molar-refractivity contribution is 5.93. The summed E-state index contributed by atoms with van der Waals surface area (Å²) >= 11 is 0. The van der Waals surface area contributed by atoms with Crippen molar-refractivity contribution in [1.82, 2.24) is 9.78 Å². The number of nitrogens with two attached hydrogens (primary N) is 1. The summed E-state index contributed by atoms with van der Waals surface area (Å²) in [4.78, 5) is 11.3. The topological polar surface area (TPSA) is 70.1 Å². The molecule has 0 unspecified atom stereocenters. The van der Waals surface area contributed by atoms with E-state index < -0.39 is 5.97 Å². The van der Waals surface area contributed by atoms with Crippen molar-refractivity contribution in [3.63, 3.8) is 0 Å². The van der Waals surface area contributed by atoms with Crippen LogP contribution >= 0.6 is 0 Å². The molecule has 2 N–H and O–H groups in total. The van der Waals surface area contributed by atoms with Crippen molar-refractivity contribution in [2.45, 2.75) is 6.54 Å². The Balaban J connectivity index is 2.20. The number of hydrogen-bond donors (Lipinski definition) is 1. The van der Waals surface area contributed by atoms with Gasteiger partial charge < -0.3 is 10.5 Å². The minimum atomic E-state index is -0.530. The molecule has 94 valence electrons. The Morgan fingerprint density at radius 2 is 2.11 bits per heavy atom. The average molecular weight is 249 g/mol. The van der Waals surface area contributed by atoms with Crippen LogP contribution in [0.4, 0.5) is 10.2 Å². The van der Waals surface area contributed by atoms with Gasteiger partial charge in [-0.05, 0) is 17.7 Å². The van der Waals surface area contributed by atoms with E-state index in [4.69, 9.17) is 5.73 Å². The summed E-state index contributed by atoms with van der Waals surface area (Å²) < 4.78 is 18.8. The van der Waals surface area contributed by atoms with Crippen LogP contribution < -0.4 is 5.73 Å². The summed E-state index contributed by atoms with van der Waals surface area (Å²) in [6, 6.07) is 6.02. The first-order chi connectivity index (χ1) is 8.60. The van der Waals surface area contributed by atoms with Crippen molar-refractivity contribution in [3.8, 4) is 0 Å². The van der Waals surface area contributed by atoms with Crippen LogP contribution in [0, 0.1) is 5.82 Å². The lowest BCUT2D eigenvalue weighted by atomic mass is 10.2. The van der Waals surface area contributed by atoms with E-state index >= 15 is 0 Å². The van der Waals surface area contributed by atoms with Crippen LogP contribution in [-0.2, 0) is 11.3 Å². The highest BCUT2D eigenvalue weighted by atomic mass is 19.1. The summed E-state index contributed by atoms with van der Waals surface area (Å²) in [5.41, 5.74) is 6.68. The summed E-state index contributed by atoms with van der Waals surface area (Å²) in [5.74, 6) is -0.712. The van der Waals surface area contributed by atoms with Gasteiger partial charge in [0.1, 0.15) is 11.4 Å². The van der Waals surface area contributed by atoms with Crippen molar-refractivity contribution >= 4 is 11.8 Å². The van der Waals surface area contributed by atoms with E-state index in [1.165, 1.54) is 30.1 Å². The summed E-state index contributed by atoms with van der Waals surface area (Å²) in [6.45, 7) is 0.404. The number of aromatic nitrogens is 2. The van der Waals surface area contributed by atoms with Crippen LogP contribution in [0.2, 0.25) is 0 Å². The molecule has 1 heterocycles. The summed E-state index contributed by atoms with van der Waals surface area (Å²) in [6.07, 6.45) is 1.50. The molecule has 6 heteroatoms. The third kappa shape index (κ3) is 2.48. The SMILES string of the molecule is COC(=O)c1cn(Cc2ccc(F)cc2)nc1N. The maximum absolute atomic E-state index is 12.7. The van der Waals surface area contributed by atoms with Crippen molar-refractivity contribution in [2.24, 2.45) is 0 Å². The number of hydrogen-bond acceptors (Lipinski definition) is 4. The van der Waals surface area contributed by atoms with Crippen molar-refractivity contribution in [1.29, 1.82) is 0 Å². The van der Waals surface area contributed by atoms with Gasteiger partial charge >= 0.3 is 5.97 Å². The maximum Gasteiger partial charge on any atom is 0.343 e. The molecule has 1 aromatic carbocycles. The van der Waals surface area contributed by atoms with E-state index in [0.717, 1.165) is 5.56 Å². The van der Waals surface area contributed by atoms with Gasteiger partial charge in [-0.1, -0.05) is 12.1 Å². The first kappa shape index (κ1) is 12.1.